The van der Waals surface area contributed by atoms with Crippen LogP contribution in [0.2, 0.25) is 0 Å². The molecule has 2 nitrogen and oxygen atoms in total. The highest BCUT2D eigenvalue weighted by Gasteiger charge is 2.04. The van der Waals surface area contributed by atoms with Crippen molar-refractivity contribution in [3.63, 3.8) is 0 Å². The lowest BCUT2D eigenvalue weighted by Crippen LogP contribution is -1.84. The van der Waals surface area contributed by atoms with Crippen LogP contribution in [-0.4, -0.2) is 11.5 Å². The second-order valence-electron chi connectivity index (χ2n) is 3.14. The minimum atomic E-state index is 0.555. The van der Waals surface area contributed by atoms with Gasteiger partial charge in [0.2, 0.25) is 6.54 Å². The molecule has 0 aliphatic carbocycles. The summed E-state index contributed by atoms with van der Waals surface area (Å²) in [5, 5.41) is 1.21. The number of nitrogens with zero attached hydrogens (tertiary/aromatic N) is 1. The fraction of sp³-hybridized carbons (Fsp3) is 0.182. The third kappa shape index (κ3) is 1.66. The molecule has 0 saturated heterocycles. The zero-order valence-electron chi connectivity index (χ0n) is 7.55. The standard InChI is InChI=1S/C11H9BrN2/c1-13-5-4-8-7-14-11-3-2-9(12)6-10(8)11/h2-3,6-7,14H,4-5H2. The molecule has 0 amide bonds. The molecular formula is C11H9BrN2. The molecule has 0 unspecified atom stereocenters. The molecule has 1 aromatic heterocycles. The van der Waals surface area contributed by atoms with Crippen molar-refractivity contribution in [2.45, 2.75) is 6.42 Å². The van der Waals surface area contributed by atoms with Crippen LogP contribution in [0.15, 0.2) is 28.9 Å². The topological polar surface area (TPSA) is 20.1 Å². The van der Waals surface area contributed by atoms with Gasteiger partial charge in [-0.25, -0.2) is 6.57 Å². The predicted molar refractivity (Wildman–Crippen MR) is 61.2 cm³/mol. The summed E-state index contributed by atoms with van der Waals surface area (Å²) in [7, 11) is 0. The van der Waals surface area contributed by atoms with E-state index in [1.54, 1.807) is 0 Å². The summed E-state index contributed by atoms with van der Waals surface area (Å²) in [4.78, 5) is 6.56. The van der Waals surface area contributed by atoms with E-state index >= 15 is 0 Å². The minimum absolute atomic E-state index is 0.555. The highest BCUT2D eigenvalue weighted by atomic mass is 79.9. The predicted octanol–water partition coefficient (Wildman–Crippen LogP) is 3.39. The van der Waals surface area contributed by atoms with Crippen LogP contribution in [0.25, 0.3) is 15.7 Å². The molecule has 3 heteroatoms. The molecular weight excluding hydrogens is 240 g/mol. The number of halogens is 1. The molecule has 1 N–H and O–H groups in total. The molecule has 2 aromatic rings. The second-order valence-corrected chi connectivity index (χ2v) is 4.05. The van der Waals surface area contributed by atoms with E-state index in [1.165, 1.54) is 10.9 Å². The zero-order chi connectivity index (χ0) is 9.97. The molecule has 2 rings (SSSR count). The van der Waals surface area contributed by atoms with Crippen LogP contribution in [0.3, 0.4) is 0 Å². The highest BCUT2D eigenvalue weighted by Crippen LogP contribution is 2.22. The van der Waals surface area contributed by atoms with Crippen molar-refractivity contribution in [2.75, 3.05) is 6.54 Å². The van der Waals surface area contributed by atoms with Crippen molar-refractivity contribution in [1.29, 1.82) is 0 Å². The van der Waals surface area contributed by atoms with E-state index in [-0.39, 0.29) is 0 Å². The first-order valence-corrected chi connectivity index (χ1v) is 5.19. The number of nitrogens with one attached hydrogen (secondary N) is 1. The van der Waals surface area contributed by atoms with Crippen molar-refractivity contribution in [1.82, 2.24) is 4.98 Å². The fourth-order valence-electron chi connectivity index (χ4n) is 1.53. The molecule has 1 aromatic carbocycles. The van der Waals surface area contributed by atoms with Crippen molar-refractivity contribution >= 4 is 26.8 Å². The third-order valence-electron chi connectivity index (χ3n) is 2.22. The first-order valence-electron chi connectivity index (χ1n) is 4.40. The zero-order valence-corrected chi connectivity index (χ0v) is 9.13. The molecule has 0 atom stereocenters. The number of aromatic amines is 1. The van der Waals surface area contributed by atoms with Crippen LogP contribution in [0.1, 0.15) is 5.56 Å². The fourth-order valence-corrected chi connectivity index (χ4v) is 1.89. The first kappa shape index (κ1) is 9.29. The van der Waals surface area contributed by atoms with E-state index in [9.17, 15) is 0 Å². The summed E-state index contributed by atoms with van der Waals surface area (Å²) >= 11 is 3.45. The summed E-state index contributed by atoms with van der Waals surface area (Å²) in [5.74, 6) is 0. The van der Waals surface area contributed by atoms with Gasteiger partial charge in [0.15, 0.2) is 0 Å². The maximum Gasteiger partial charge on any atom is 0.218 e. The van der Waals surface area contributed by atoms with Gasteiger partial charge in [0.25, 0.3) is 0 Å². The van der Waals surface area contributed by atoms with E-state index in [1.807, 2.05) is 18.3 Å². The minimum Gasteiger partial charge on any atom is -0.361 e. The lowest BCUT2D eigenvalue weighted by atomic mass is 10.1. The highest BCUT2D eigenvalue weighted by molar-refractivity contribution is 9.10. The molecule has 0 spiro atoms. The molecule has 1 heterocycles. The number of benzene rings is 1. The Kier molecular flexibility index (Phi) is 2.55. The number of aromatic nitrogens is 1. The molecule has 0 aliphatic heterocycles. The second kappa shape index (κ2) is 3.85. The van der Waals surface area contributed by atoms with E-state index in [0.29, 0.717) is 6.54 Å². The normalized spacial score (nSPS) is 10.3. The molecule has 14 heavy (non-hydrogen) atoms. The maximum atomic E-state index is 6.76. The van der Waals surface area contributed by atoms with Gasteiger partial charge in [-0.3, -0.25) is 0 Å². The molecule has 0 fully saturated rings. The summed E-state index contributed by atoms with van der Waals surface area (Å²) in [6.45, 7) is 7.32. The van der Waals surface area contributed by atoms with Gasteiger partial charge in [-0.05, 0) is 23.8 Å². The first-order chi connectivity index (χ1) is 6.81. The van der Waals surface area contributed by atoms with E-state index < -0.39 is 0 Å². The van der Waals surface area contributed by atoms with Gasteiger partial charge in [0.05, 0.1) is 0 Å². The van der Waals surface area contributed by atoms with Gasteiger partial charge < -0.3 is 9.83 Å². The lowest BCUT2D eigenvalue weighted by Gasteiger charge is -1.94. The van der Waals surface area contributed by atoms with Gasteiger partial charge in [-0.15, -0.1) is 0 Å². The van der Waals surface area contributed by atoms with Crippen LogP contribution in [0.5, 0.6) is 0 Å². The third-order valence-corrected chi connectivity index (χ3v) is 2.72. The van der Waals surface area contributed by atoms with Gasteiger partial charge in [0.1, 0.15) is 0 Å². The Morgan fingerprint density at radius 2 is 2.29 bits per heavy atom. The van der Waals surface area contributed by atoms with Gasteiger partial charge >= 0.3 is 0 Å². The van der Waals surface area contributed by atoms with Crippen molar-refractivity contribution in [3.8, 4) is 0 Å². The van der Waals surface area contributed by atoms with Crippen LogP contribution < -0.4 is 0 Å². The molecule has 0 bridgehead atoms. The SMILES string of the molecule is [C-]#[N+]CCc1c[nH]c2ccc(Br)cc12. The van der Waals surface area contributed by atoms with Crippen LogP contribution >= 0.6 is 15.9 Å². The average molecular weight is 249 g/mol. The summed E-state index contributed by atoms with van der Waals surface area (Å²) in [6, 6.07) is 6.14. The smallest absolute Gasteiger partial charge is 0.218 e. The Balaban J connectivity index is 2.46. The molecule has 70 valence electrons. The van der Waals surface area contributed by atoms with Crippen molar-refractivity contribution < 1.29 is 0 Å². The molecule has 0 aliphatic rings. The van der Waals surface area contributed by atoms with Crippen molar-refractivity contribution in [3.05, 3.63) is 45.8 Å². The summed E-state index contributed by atoms with van der Waals surface area (Å²) < 4.78 is 1.08. The van der Waals surface area contributed by atoms with Crippen LogP contribution in [0.4, 0.5) is 0 Å². The Hall–Kier alpha value is -1.27. The Bertz CT molecular complexity index is 493. The number of H-pyrrole nitrogens is 1. The summed E-state index contributed by atoms with van der Waals surface area (Å²) in [5.41, 5.74) is 2.35. The Morgan fingerprint density at radius 3 is 3.07 bits per heavy atom. The summed E-state index contributed by atoms with van der Waals surface area (Å²) in [6.07, 6.45) is 2.81. The van der Waals surface area contributed by atoms with E-state index in [2.05, 4.69) is 31.8 Å². The lowest BCUT2D eigenvalue weighted by molar-refractivity contribution is 1.09. The number of hydrogen-bond donors (Lipinski definition) is 1. The largest absolute Gasteiger partial charge is 0.361 e. The Labute approximate surface area is 90.9 Å². The quantitative estimate of drug-likeness (QED) is 0.787. The van der Waals surface area contributed by atoms with Crippen LogP contribution in [0, 0.1) is 6.57 Å². The van der Waals surface area contributed by atoms with Gasteiger partial charge in [-0.2, -0.15) is 0 Å². The molecule has 0 radical (unpaired) electrons. The maximum absolute atomic E-state index is 6.76. The number of fused-ring (bicyclic) bond motifs is 1. The Morgan fingerprint density at radius 1 is 1.43 bits per heavy atom. The number of hydrogen-bond acceptors (Lipinski definition) is 0. The van der Waals surface area contributed by atoms with Crippen LogP contribution in [-0.2, 0) is 6.42 Å². The van der Waals surface area contributed by atoms with Gasteiger partial charge in [0, 0.05) is 28.0 Å². The van der Waals surface area contributed by atoms with E-state index in [4.69, 9.17) is 6.57 Å². The monoisotopic (exact) mass is 248 g/mol. The van der Waals surface area contributed by atoms with Gasteiger partial charge in [-0.1, -0.05) is 15.9 Å². The van der Waals surface area contributed by atoms with E-state index in [0.717, 1.165) is 16.4 Å². The average Bonchev–Trinajstić information content (AvgIpc) is 2.57. The van der Waals surface area contributed by atoms with Crippen molar-refractivity contribution in [2.24, 2.45) is 0 Å². The molecule has 0 saturated carbocycles. The number of rotatable bonds is 2.